The maximum atomic E-state index is 11.3. The largest absolute Gasteiger partial charge is 0.480 e. The SMILES string of the molecule is CCNC(CC)(CCCOCCCOC)C(=O)O. The third-order valence-electron chi connectivity index (χ3n) is 3.06. The number of likely N-dealkylation sites (N-methyl/N-ethyl adjacent to an activating group) is 1. The number of hydrogen-bond donors (Lipinski definition) is 2. The minimum atomic E-state index is -0.801. The summed E-state index contributed by atoms with van der Waals surface area (Å²) in [7, 11) is 1.67. The Balaban J connectivity index is 3.86. The molecule has 108 valence electrons. The smallest absolute Gasteiger partial charge is 0.323 e. The van der Waals surface area contributed by atoms with Crippen LogP contribution < -0.4 is 5.32 Å². The molecular weight excluding hydrogens is 234 g/mol. The van der Waals surface area contributed by atoms with Gasteiger partial charge < -0.3 is 19.9 Å². The van der Waals surface area contributed by atoms with Crippen LogP contribution in [-0.4, -0.2) is 50.1 Å². The van der Waals surface area contributed by atoms with Crippen LogP contribution in [0, 0.1) is 0 Å². The Bertz CT molecular complexity index is 223. The molecule has 0 aromatic rings. The lowest BCUT2D eigenvalue weighted by Gasteiger charge is -2.29. The van der Waals surface area contributed by atoms with Crippen LogP contribution in [0.4, 0.5) is 0 Å². The van der Waals surface area contributed by atoms with E-state index < -0.39 is 11.5 Å². The molecule has 0 spiro atoms. The summed E-state index contributed by atoms with van der Waals surface area (Å²) in [5.41, 5.74) is -0.801. The van der Waals surface area contributed by atoms with E-state index in [0.717, 1.165) is 12.8 Å². The van der Waals surface area contributed by atoms with E-state index in [1.165, 1.54) is 0 Å². The highest BCUT2D eigenvalue weighted by Gasteiger charge is 2.34. The van der Waals surface area contributed by atoms with Crippen molar-refractivity contribution >= 4 is 5.97 Å². The van der Waals surface area contributed by atoms with Crippen LogP contribution in [-0.2, 0) is 14.3 Å². The third kappa shape index (κ3) is 6.33. The standard InChI is InChI=1S/C13H27NO4/c1-4-13(12(15)16,14-5-2)8-6-10-18-11-7-9-17-3/h14H,4-11H2,1-3H3,(H,15,16). The molecule has 0 aliphatic heterocycles. The molecule has 0 aliphatic rings. The van der Waals surface area contributed by atoms with Crippen molar-refractivity contribution in [2.24, 2.45) is 0 Å². The van der Waals surface area contributed by atoms with Gasteiger partial charge in [-0.3, -0.25) is 4.79 Å². The zero-order valence-electron chi connectivity index (χ0n) is 11.8. The van der Waals surface area contributed by atoms with E-state index in [2.05, 4.69) is 5.32 Å². The van der Waals surface area contributed by atoms with Crippen LogP contribution in [0.25, 0.3) is 0 Å². The average Bonchev–Trinajstić information content (AvgIpc) is 2.36. The summed E-state index contributed by atoms with van der Waals surface area (Å²) < 4.78 is 10.3. The molecule has 1 atom stereocenters. The van der Waals surface area contributed by atoms with Crippen molar-refractivity contribution in [2.75, 3.05) is 33.5 Å². The lowest BCUT2D eigenvalue weighted by Crippen LogP contribution is -2.51. The van der Waals surface area contributed by atoms with Crippen LogP contribution >= 0.6 is 0 Å². The highest BCUT2D eigenvalue weighted by Crippen LogP contribution is 2.18. The predicted octanol–water partition coefficient (Wildman–Crippen LogP) is 1.66. The second kappa shape index (κ2) is 10.3. The van der Waals surface area contributed by atoms with E-state index in [4.69, 9.17) is 9.47 Å². The molecule has 5 heteroatoms. The van der Waals surface area contributed by atoms with E-state index >= 15 is 0 Å². The zero-order valence-corrected chi connectivity index (χ0v) is 11.8. The molecule has 0 aliphatic carbocycles. The van der Waals surface area contributed by atoms with Gasteiger partial charge in [-0.05, 0) is 32.2 Å². The number of methoxy groups -OCH3 is 1. The summed E-state index contributed by atoms with van der Waals surface area (Å²) in [4.78, 5) is 11.3. The Kier molecular flexibility index (Phi) is 9.92. The lowest BCUT2D eigenvalue weighted by molar-refractivity contribution is -0.145. The molecule has 0 rings (SSSR count). The summed E-state index contributed by atoms with van der Waals surface area (Å²) in [6, 6.07) is 0. The minimum absolute atomic E-state index is 0.583. The second-order valence-corrected chi connectivity index (χ2v) is 4.33. The minimum Gasteiger partial charge on any atom is -0.480 e. The fourth-order valence-electron chi connectivity index (χ4n) is 1.95. The molecule has 0 saturated carbocycles. The number of aliphatic carboxylic acids is 1. The molecule has 1 unspecified atom stereocenters. The van der Waals surface area contributed by atoms with Crippen molar-refractivity contribution in [1.82, 2.24) is 5.32 Å². The Morgan fingerprint density at radius 3 is 2.39 bits per heavy atom. The van der Waals surface area contributed by atoms with Gasteiger partial charge >= 0.3 is 5.97 Å². The summed E-state index contributed by atoms with van der Waals surface area (Å²) in [6.45, 7) is 6.45. The van der Waals surface area contributed by atoms with Gasteiger partial charge in [-0.15, -0.1) is 0 Å². The fraction of sp³-hybridized carbons (Fsp3) is 0.923. The number of carboxylic acid groups (broad SMARTS) is 1. The van der Waals surface area contributed by atoms with Crippen LogP contribution in [0.5, 0.6) is 0 Å². The van der Waals surface area contributed by atoms with E-state index in [-0.39, 0.29) is 0 Å². The van der Waals surface area contributed by atoms with Crippen molar-refractivity contribution in [3.63, 3.8) is 0 Å². The van der Waals surface area contributed by atoms with E-state index in [0.29, 0.717) is 39.2 Å². The van der Waals surface area contributed by atoms with Crippen molar-refractivity contribution in [1.29, 1.82) is 0 Å². The predicted molar refractivity (Wildman–Crippen MR) is 70.9 cm³/mol. The molecule has 0 heterocycles. The van der Waals surface area contributed by atoms with Gasteiger partial charge in [0.05, 0.1) is 0 Å². The first kappa shape index (κ1) is 17.4. The van der Waals surface area contributed by atoms with Gasteiger partial charge in [0.1, 0.15) is 5.54 Å². The number of ether oxygens (including phenoxy) is 2. The first-order chi connectivity index (χ1) is 8.63. The lowest BCUT2D eigenvalue weighted by atomic mass is 9.90. The van der Waals surface area contributed by atoms with Crippen LogP contribution in [0.3, 0.4) is 0 Å². The highest BCUT2D eigenvalue weighted by atomic mass is 16.5. The van der Waals surface area contributed by atoms with Crippen LogP contribution in [0.2, 0.25) is 0 Å². The molecule has 18 heavy (non-hydrogen) atoms. The third-order valence-corrected chi connectivity index (χ3v) is 3.06. The van der Waals surface area contributed by atoms with E-state index in [1.807, 2.05) is 13.8 Å². The van der Waals surface area contributed by atoms with E-state index in [9.17, 15) is 9.90 Å². The van der Waals surface area contributed by atoms with Gasteiger partial charge in [-0.1, -0.05) is 13.8 Å². The Hall–Kier alpha value is -0.650. The van der Waals surface area contributed by atoms with Gasteiger partial charge in [0.25, 0.3) is 0 Å². The molecule has 0 saturated heterocycles. The first-order valence-corrected chi connectivity index (χ1v) is 6.68. The van der Waals surface area contributed by atoms with Gasteiger partial charge in [-0.2, -0.15) is 0 Å². The van der Waals surface area contributed by atoms with Gasteiger partial charge in [0, 0.05) is 26.9 Å². The molecule has 0 fully saturated rings. The maximum absolute atomic E-state index is 11.3. The summed E-state index contributed by atoms with van der Waals surface area (Å²) in [5, 5.41) is 12.4. The number of carbonyl (C=O) groups is 1. The fourth-order valence-corrected chi connectivity index (χ4v) is 1.95. The Morgan fingerprint density at radius 2 is 1.89 bits per heavy atom. The Morgan fingerprint density at radius 1 is 1.22 bits per heavy atom. The number of carboxylic acids is 1. The average molecular weight is 261 g/mol. The molecular formula is C13H27NO4. The van der Waals surface area contributed by atoms with Gasteiger partial charge in [0.15, 0.2) is 0 Å². The van der Waals surface area contributed by atoms with Crippen LogP contribution in [0.15, 0.2) is 0 Å². The maximum Gasteiger partial charge on any atom is 0.323 e. The van der Waals surface area contributed by atoms with Gasteiger partial charge in [-0.25, -0.2) is 0 Å². The molecule has 0 radical (unpaired) electrons. The van der Waals surface area contributed by atoms with Crippen molar-refractivity contribution < 1.29 is 19.4 Å². The normalized spacial score (nSPS) is 14.4. The molecule has 0 aromatic carbocycles. The summed E-state index contributed by atoms with van der Waals surface area (Å²) in [6.07, 6.45) is 2.80. The van der Waals surface area contributed by atoms with E-state index in [1.54, 1.807) is 7.11 Å². The number of rotatable bonds is 12. The second-order valence-electron chi connectivity index (χ2n) is 4.33. The first-order valence-electron chi connectivity index (χ1n) is 6.68. The van der Waals surface area contributed by atoms with Crippen molar-refractivity contribution in [3.8, 4) is 0 Å². The molecule has 2 N–H and O–H groups in total. The van der Waals surface area contributed by atoms with Crippen molar-refractivity contribution in [3.05, 3.63) is 0 Å². The topological polar surface area (TPSA) is 67.8 Å². The zero-order chi connectivity index (χ0) is 13.9. The molecule has 0 aromatic heterocycles. The molecule has 0 amide bonds. The van der Waals surface area contributed by atoms with Gasteiger partial charge in [0.2, 0.25) is 0 Å². The van der Waals surface area contributed by atoms with Crippen LogP contribution in [0.1, 0.15) is 39.5 Å². The van der Waals surface area contributed by atoms with Crippen molar-refractivity contribution in [2.45, 2.75) is 45.1 Å². The summed E-state index contributed by atoms with van der Waals surface area (Å²) >= 11 is 0. The quantitative estimate of drug-likeness (QED) is 0.523. The summed E-state index contributed by atoms with van der Waals surface area (Å²) in [5.74, 6) is -0.772. The number of nitrogens with one attached hydrogen (secondary N) is 1. The monoisotopic (exact) mass is 261 g/mol. The molecule has 5 nitrogen and oxygen atoms in total. The highest BCUT2D eigenvalue weighted by molar-refractivity contribution is 5.78. The number of hydrogen-bond acceptors (Lipinski definition) is 4. The molecule has 0 bridgehead atoms. The Labute approximate surface area is 110 Å².